The van der Waals surface area contributed by atoms with Crippen molar-refractivity contribution >= 4 is 19.8 Å². The van der Waals surface area contributed by atoms with E-state index in [-0.39, 0.29) is 32.3 Å². The van der Waals surface area contributed by atoms with Gasteiger partial charge in [-0.1, -0.05) is 131 Å². The number of esters is 2. The van der Waals surface area contributed by atoms with Crippen molar-refractivity contribution in [3.05, 3.63) is 85.1 Å². The summed E-state index contributed by atoms with van der Waals surface area (Å²) in [5, 5.41) is 30.6. The van der Waals surface area contributed by atoms with Crippen molar-refractivity contribution in [2.75, 3.05) is 47.5 Å². The van der Waals surface area contributed by atoms with Gasteiger partial charge in [-0.05, 0) is 64.2 Å². The van der Waals surface area contributed by atoms with Gasteiger partial charge in [0.2, 0.25) is 0 Å². The van der Waals surface area contributed by atoms with E-state index in [0.29, 0.717) is 17.4 Å². The monoisotopic (exact) mass is 852 g/mol. The van der Waals surface area contributed by atoms with Gasteiger partial charge in [0.15, 0.2) is 6.10 Å². The maximum Gasteiger partial charge on any atom is 0.306 e. The Kier molecular flexibility index (Phi) is 35.1. The van der Waals surface area contributed by atoms with Gasteiger partial charge in [0.1, 0.15) is 19.8 Å². The third-order valence-electron chi connectivity index (χ3n) is 8.75. The largest absolute Gasteiger partial charge is 0.756 e. The van der Waals surface area contributed by atoms with E-state index in [4.69, 9.17) is 18.5 Å². The Bertz CT molecular complexity index is 1330. The summed E-state index contributed by atoms with van der Waals surface area (Å²) in [5.74, 6) is -1.22. The fourth-order valence-electron chi connectivity index (χ4n) is 5.16. The van der Waals surface area contributed by atoms with Crippen LogP contribution in [0.3, 0.4) is 0 Å². The molecule has 0 amide bonds. The van der Waals surface area contributed by atoms with Crippen molar-refractivity contribution in [2.24, 2.45) is 0 Å². The number of rotatable bonds is 37. The minimum atomic E-state index is -4.74. The molecule has 0 fully saturated rings. The van der Waals surface area contributed by atoms with Crippen molar-refractivity contribution in [3.8, 4) is 0 Å². The average Bonchev–Trinajstić information content (AvgIpc) is 3.17. The molecule has 13 heteroatoms. The number of hydrogen-bond acceptors (Lipinski definition) is 11. The summed E-state index contributed by atoms with van der Waals surface area (Å²) in [4.78, 5) is 37.5. The Hall–Kier alpha value is -2.93. The molecule has 59 heavy (non-hydrogen) atoms. The van der Waals surface area contributed by atoms with Crippen LogP contribution in [0.2, 0.25) is 0 Å². The SMILES string of the molecule is CCCCC/C=C\C/C=C\C/C=C\CCCCC(=O)OC[C@H](COP(=O)([O-])OCC[N+](C)(C)C)OC(=O)CCC[C@H](O)[C@@H](O)/C=C/C=C/C=C\C=C\[C@@H](O)CCCCC. The third kappa shape index (κ3) is 39.0. The van der Waals surface area contributed by atoms with Gasteiger partial charge in [0.25, 0.3) is 7.82 Å². The highest BCUT2D eigenvalue weighted by atomic mass is 31.2. The molecule has 0 saturated heterocycles. The van der Waals surface area contributed by atoms with Gasteiger partial charge >= 0.3 is 11.9 Å². The molecule has 0 aliphatic heterocycles. The van der Waals surface area contributed by atoms with Crippen LogP contribution >= 0.6 is 7.82 Å². The van der Waals surface area contributed by atoms with Gasteiger partial charge in [-0.15, -0.1) is 0 Å². The predicted molar refractivity (Wildman–Crippen MR) is 235 cm³/mol. The fourth-order valence-corrected chi connectivity index (χ4v) is 5.89. The van der Waals surface area contributed by atoms with Crippen molar-refractivity contribution in [3.63, 3.8) is 0 Å². The lowest BCUT2D eigenvalue weighted by Gasteiger charge is -2.28. The molecule has 0 saturated carbocycles. The number of carbonyl (C=O) groups is 2. The van der Waals surface area contributed by atoms with Crippen LogP contribution in [0, 0.1) is 0 Å². The number of carbonyl (C=O) groups excluding carboxylic acids is 2. The number of unbranched alkanes of at least 4 members (excludes halogenated alkanes) is 7. The van der Waals surface area contributed by atoms with Crippen molar-refractivity contribution < 1.29 is 57.4 Å². The van der Waals surface area contributed by atoms with Crippen LogP contribution in [0.15, 0.2) is 85.1 Å². The Morgan fingerprint density at radius 1 is 0.661 bits per heavy atom. The second kappa shape index (κ2) is 36.9. The topological polar surface area (TPSA) is 172 Å². The molecule has 0 bridgehead atoms. The molecule has 338 valence electrons. The zero-order valence-corrected chi connectivity index (χ0v) is 37.6. The molecule has 0 heterocycles. The number of allylic oxidation sites excluding steroid dienone is 12. The quantitative estimate of drug-likeness (QED) is 0.0137. The summed E-state index contributed by atoms with van der Waals surface area (Å²) in [5.41, 5.74) is 0. The maximum absolute atomic E-state index is 12.7. The van der Waals surface area contributed by atoms with Crippen LogP contribution in [0.25, 0.3) is 0 Å². The van der Waals surface area contributed by atoms with Crippen LogP contribution in [-0.4, -0.2) is 104 Å². The predicted octanol–water partition coefficient (Wildman–Crippen LogP) is 8.30. The Morgan fingerprint density at radius 2 is 1.22 bits per heavy atom. The third-order valence-corrected chi connectivity index (χ3v) is 9.72. The van der Waals surface area contributed by atoms with E-state index in [9.17, 15) is 34.4 Å². The van der Waals surface area contributed by atoms with E-state index in [1.54, 1.807) is 42.5 Å². The smallest absolute Gasteiger partial charge is 0.306 e. The van der Waals surface area contributed by atoms with Gasteiger partial charge in [0, 0.05) is 12.8 Å². The summed E-state index contributed by atoms with van der Waals surface area (Å²) in [6, 6.07) is 0. The average molecular weight is 852 g/mol. The second-order valence-electron chi connectivity index (χ2n) is 15.6. The second-order valence-corrected chi connectivity index (χ2v) is 17.0. The Labute approximate surface area is 356 Å². The lowest BCUT2D eigenvalue weighted by molar-refractivity contribution is -0.870. The number of nitrogens with zero attached hydrogens (tertiary/aromatic N) is 1. The molecule has 3 N–H and O–H groups in total. The van der Waals surface area contributed by atoms with E-state index < -0.39 is 57.4 Å². The van der Waals surface area contributed by atoms with Gasteiger partial charge in [-0.2, -0.15) is 0 Å². The molecule has 12 nitrogen and oxygen atoms in total. The molecule has 0 spiro atoms. The zero-order valence-electron chi connectivity index (χ0n) is 36.7. The van der Waals surface area contributed by atoms with Crippen molar-refractivity contribution in [1.29, 1.82) is 0 Å². The first-order chi connectivity index (χ1) is 28.2. The van der Waals surface area contributed by atoms with Gasteiger partial charge in [-0.3, -0.25) is 14.2 Å². The summed E-state index contributed by atoms with van der Waals surface area (Å²) in [7, 11) is 0.912. The van der Waals surface area contributed by atoms with E-state index >= 15 is 0 Å². The first-order valence-corrected chi connectivity index (χ1v) is 23.1. The number of aliphatic hydroxyl groups excluding tert-OH is 3. The standard InChI is InChI=1S/C46H78NO11P/c1-6-8-10-11-12-13-14-15-16-17-18-19-20-25-29-35-45(51)55-39-42(40-57-59(53,54)56-38-37-47(3,4)5)58-46(52)36-30-34-44(50)43(49)33-28-24-22-21-23-27-32-41(48)31-26-9-7-2/h12-13,15-16,18-19,21-24,27-28,32-33,41-44,48-50H,6-11,14,17,20,25-26,29-31,34-40H2,1-5H3/b13-12-,16-15-,19-18-,23-21-,24-22+,32-27+,33-28+/t41-,42+,43-,44-/m0/s1. The van der Waals surface area contributed by atoms with Crippen molar-refractivity contribution in [2.45, 2.75) is 147 Å². The fraction of sp³-hybridized carbons (Fsp3) is 0.652. The molecule has 0 aromatic heterocycles. The molecule has 0 aliphatic carbocycles. The number of phosphoric ester groups is 1. The van der Waals surface area contributed by atoms with Crippen molar-refractivity contribution in [1.82, 2.24) is 0 Å². The first kappa shape index (κ1) is 56.1. The highest BCUT2D eigenvalue weighted by Gasteiger charge is 2.22. The highest BCUT2D eigenvalue weighted by molar-refractivity contribution is 7.45. The minimum Gasteiger partial charge on any atom is -0.756 e. The molecule has 0 aromatic rings. The normalized spacial score (nSPS) is 16.0. The van der Waals surface area contributed by atoms with Crippen LogP contribution < -0.4 is 4.89 Å². The number of quaternary nitrogens is 1. The Balaban J connectivity index is 4.80. The summed E-state index contributed by atoms with van der Waals surface area (Å²) >= 11 is 0. The number of hydrogen-bond donors (Lipinski definition) is 3. The van der Waals surface area contributed by atoms with E-state index in [2.05, 4.69) is 50.3 Å². The molecule has 0 aliphatic rings. The molecule has 1 unspecified atom stereocenters. The lowest BCUT2D eigenvalue weighted by atomic mass is 10.1. The van der Waals surface area contributed by atoms with E-state index in [0.717, 1.165) is 57.8 Å². The van der Waals surface area contributed by atoms with E-state index in [1.807, 2.05) is 21.1 Å². The van der Waals surface area contributed by atoms with Gasteiger partial charge in [-0.25, -0.2) is 0 Å². The van der Waals surface area contributed by atoms with Crippen LogP contribution in [-0.2, 0) is 32.7 Å². The molecular weight excluding hydrogens is 773 g/mol. The summed E-state index contributed by atoms with van der Waals surface area (Å²) < 4.78 is 33.5. The number of ether oxygens (including phenoxy) is 2. The van der Waals surface area contributed by atoms with Crippen LogP contribution in [0.4, 0.5) is 0 Å². The highest BCUT2D eigenvalue weighted by Crippen LogP contribution is 2.38. The number of phosphoric acid groups is 1. The Morgan fingerprint density at radius 3 is 1.85 bits per heavy atom. The van der Waals surface area contributed by atoms with Crippen LogP contribution in [0.5, 0.6) is 0 Å². The minimum absolute atomic E-state index is 0.0877. The lowest BCUT2D eigenvalue weighted by Crippen LogP contribution is -2.37. The summed E-state index contributed by atoms with van der Waals surface area (Å²) in [6.07, 6.45) is 35.6. The van der Waals surface area contributed by atoms with Gasteiger partial charge in [0.05, 0.1) is 46.1 Å². The first-order valence-electron chi connectivity index (χ1n) is 21.6. The molecule has 0 aromatic carbocycles. The molecule has 0 rings (SSSR count). The molecule has 5 atom stereocenters. The summed E-state index contributed by atoms with van der Waals surface area (Å²) in [6.45, 7) is 3.61. The maximum atomic E-state index is 12.7. The molecule has 0 radical (unpaired) electrons. The number of likely N-dealkylation sites (N-methyl/N-ethyl adjacent to an activating group) is 1. The zero-order chi connectivity index (χ0) is 44.0. The van der Waals surface area contributed by atoms with Crippen LogP contribution in [0.1, 0.15) is 123 Å². The number of aliphatic hydroxyl groups is 3. The van der Waals surface area contributed by atoms with E-state index in [1.165, 1.54) is 25.3 Å². The van der Waals surface area contributed by atoms with Gasteiger partial charge < -0.3 is 43.2 Å². The molecular formula is C46H78NO11P.